The number of benzene rings is 2. The van der Waals surface area contributed by atoms with Crippen LogP contribution in [0.15, 0.2) is 53.4 Å². The highest BCUT2D eigenvalue weighted by Gasteiger charge is 2.52. The Labute approximate surface area is 330 Å². The van der Waals surface area contributed by atoms with Crippen molar-refractivity contribution in [2.24, 2.45) is 29.6 Å². The molecule has 300 valence electrons. The van der Waals surface area contributed by atoms with E-state index in [0.29, 0.717) is 25.7 Å². The molecule has 5 unspecified atom stereocenters. The van der Waals surface area contributed by atoms with Crippen LogP contribution in [0.2, 0.25) is 0 Å². The summed E-state index contributed by atoms with van der Waals surface area (Å²) in [5, 5.41) is 16.4. The fraction of sp³-hybridized carbons (Fsp3) is 0.667. The molecule has 2 N–H and O–H groups in total. The number of nitrogens with zero attached hydrogens (tertiary/aromatic N) is 3. The van der Waals surface area contributed by atoms with Gasteiger partial charge in [-0.1, -0.05) is 68.4 Å². The van der Waals surface area contributed by atoms with Crippen molar-refractivity contribution < 1.29 is 32.5 Å². The molecule has 0 radical (unpaired) electrons. The number of rotatable bonds is 15. The summed E-state index contributed by atoms with van der Waals surface area (Å²) in [6, 6.07) is 16.0. The quantitative estimate of drug-likeness (QED) is 0.169. The molecule has 4 bridgehead atoms. The number of hydrogen-bond donors (Lipinski definition) is 2. The van der Waals surface area contributed by atoms with Gasteiger partial charge in [0.05, 0.1) is 40.9 Å². The van der Waals surface area contributed by atoms with Gasteiger partial charge in [0.15, 0.2) is 11.4 Å². The summed E-state index contributed by atoms with van der Waals surface area (Å²) in [6.45, 7) is 7.27. The van der Waals surface area contributed by atoms with E-state index in [1.165, 1.54) is 41.3 Å². The third kappa shape index (κ3) is 8.93. The second kappa shape index (κ2) is 17.1. The number of likely N-dealkylation sites (tertiary alicyclic amines) is 1. The van der Waals surface area contributed by atoms with E-state index in [0.717, 1.165) is 65.7 Å². The first-order chi connectivity index (χ1) is 26.6. The Morgan fingerprint density at radius 1 is 1.00 bits per heavy atom. The lowest BCUT2D eigenvalue weighted by Gasteiger charge is -2.36. The SMILES string of the molecule is CC(C)CN(C[C@@H](O)[C@@H](CC(=O)OC1C2CCC3C(OC2)OCC31)Cc1ccccc1)S(=O)(=O)c1ccc2nc(NC3CCN(C4CCCC4)CC3)sc2c1. The molecule has 7 atom stereocenters. The maximum Gasteiger partial charge on any atom is 0.306 e. The average Bonchev–Trinajstić information content (AvgIpc) is 3.90. The van der Waals surface area contributed by atoms with Gasteiger partial charge < -0.3 is 29.5 Å². The van der Waals surface area contributed by atoms with Gasteiger partial charge >= 0.3 is 5.97 Å². The van der Waals surface area contributed by atoms with E-state index in [1.54, 1.807) is 18.2 Å². The summed E-state index contributed by atoms with van der Waals surface area (Å²) in [5.41, 5.74) is 1.73. The van der Waals surface area contributed by atoms with Crippen molar-refractivity contribution in [2.75, 3.05) is 44.7 Å². The van der Waals surface area contributed by atoms with Crippen molar-refractivity contribution in [2.45, 2.75) is 114 Å². The zero-order valence-electron chi connectivity index (χ0n) is 32.3. The number of nitrogens with one attached hydrogen (secondary N) is 1. The Bertz CT molecular complexity index is 1860. The van der Waals surface area contributed by atoms with E-state index in [4.69, 9.17) is 19.2 Å². The number of aliphatic hydroxyl groups is 1. The first-order valence-corrected chi connectivity index (χ1v) is 22.9. The second-order valence-corrected chi connectivity index (χ2v) is 20.1. The van der Waals surface area contributed by atoms with Gasteiger partial charge in [-0.05, 0) is 74.6 Å². The minimum absolute atomic E-state index is 0.00729. The first-order valence-electron chi connectivity index (χ1n) is 20.7. The standard InChI is InChI=1S/C42H58N4O7S2/c1-27(2)23-46(55(49,50)33-13-15-36-38(22-33)54-42(44-36)43-31-16-18-45(19-17-31)32-10-6-7-11-32)24-37(47)30(20-28-8-4-3-5-9-28)21-39(48)53-40-29-12-14-34-35(40)26-52-41(34)51-25-29/h3-5,8-9,13,15,22,27,29-32,34-35,37,40-41,47H,6-7,10-12,14,16-21,23-26H2,1-2H3,(H,43,44)/t29?,30-,34?,35?,37-,40?,41?/m1/s1. The lowest BCUT2D eigenvalue weighted by molar-refractivity contribution is -0.165. The fourth-order valence-corrected chi connectivity index (χ4v) is 12.6. The number of ether oxygens (including phenoxy) is 3. The minimum Gasteiger partial charge on any atom is -0.462 e. The molecular formula is C42H58N4O7S2. The molecule has 6 fully saturated rings. The number of thiazole rings is 1. The van der Waals surface area contributed by atoms with Crippen LogP contribution in [0.1, 0.15) is 77.2 Å². The van der Waals surface area contributed by atoms with Gasteiger partial charge in [-0.25, -0.2) is 13.4 Å². The average molecular weight is 795 g/mol. The molecule has 0 spiro atoms. The minimum atomic E-state index is -4.01. The molecule has 5 heterocycles. The Hall–Kier alpha value is -2.65. The summed E-state index contributed by atoms with van der Waals surface area (Å²) in [4.78, 5) is 21.4. The van der Waals surface area contributed by atoms with Crippen LogP contribution < -0.4 is 5.32 Å². The maximum atomic E-state index is 14.4. The molecule has 2 saturated carbocycles. The Balaban J connectivity index is 0.956. The van der Waals surface area contributed by atoms with Crippen LogP contribution in [0.3, 0.4) is 0 Å². The predicted octanol–water partition coefficient (Wildman–Crippen LogP) is 6.31. The van der Waals surface area contributed by atoms with Crippen LogP contribution in [-0.4, -0.2) is 104 Å². The molecule has 3 aromatic rings. The number of sulfonamides is 1. The lowest BCUT2D eigenvalue weighted by atomic mass is 9.74. The van der Waals surface area contributed by atoms with E-state index in [1.807, 2.05) is 44.2 Å². The number of anilines is 1. The van der Waals surface area contributed by atoms with Gasteiger partial charge in [0.25, 0.3) is 0 Å². The van der Waals surface area contributed by atoms with Crippen LogP contribution >= 0.6 is 11.3 Å². The van der Waals surface area contributed by atoms with E-state index < -0.39 is 22.0 Å². The first kappa shape index (κ1) is 39.2. The van der Waals surface area contributed by atoms with Crippen molar-refractivity contribution in [3.63, 3.8) is 0 Å². The molecule has 13 heteroatoms. The number of carbonyl (C=O) groups is 1. The molecule has 9 rings (SSSR count). The Kier molecular flexibility index (Phi) is 12.2. The summed E-state index contributed by atoms with van der Waals surface area (Å²) >= 11 is 1.49. The predicted molar refractivity (Wildman–Crippen MR) is 213 cm³/mol. The molecule has 0 amide bonds. The third-order valence-electron chi connectivity index (χ3n) is 12.8. The summed E-state index contributed by atoms with van der Waals surface area (Å²) in [5.74, 6) is -0.457. The molecule has 11 nitrogen and oxygen atoms in total. The van der Waals surface area contributed by atoms with Gasteiger partial charge in [-0.15, -0.1) is 0 Å². The van der Waals surface area contributed by atoms with Gasteiger partial charge in [0.2, 0.25) is 10.0 Å². The van der Waals surface area contributed by atoms with Gasteiger partial charge in [-0.2, -0.15) is 4.31 Å². The van der Waals surface area contributed by atoms with E-state index in [2.05, 4.69) is 10.2 Å². The number of carbonyl (C=O) groups excluding carboxylic acids is 1. The highest BCUT2D eigenvalue weighted by atomic mass is 32.2. The van der Waals surface area contributed by atoms with Gasteiger partial charge in [0, 0.05) is 61.9 Å². The second-order valence-electron chi connectivity index (χ2n) is 17.1. The summed E-state index contributed by atoms with van der Waals surface area (Å²) in [6.07, 6.45) is 8.22. The Morgan fingerprint density at radius 3 is 2.53 bits per heavy atom. The number of aromatic nitrogens is 1. The largest absolute Gasteiger partial charge is 0.462 e. The van der Waals surface area contributed by atoms with Crippen LogP contribution in [0, 0.1) is 29.6 Å². The number of esters is 1. The van der Waals surface area contributed by atoms with Crippen molar-refractivity contribution >= 4 is 42.7 Å². The molecule has 2 aliphatic carbocycles. The lowest BCUT2D eigenvalue weighted by Crippen LogP contribution is -2.44. The summed E-state index contributed by atoms with van der Waals surface area (Å²) in [7, 11) is -4.01. The summed E-state index contributed by atoms with van der Waals surface area (Å²) < 4.78 is 49.1. The third-order valence-corrected chi connectivity index (χ3v) is 15.6. The van der Waals surface area contributed by atoms with E-state index >= 15 is 0 Å². The normalized spacial score (nSPS) is 27.5. The van der Waals surface area contributed by atoms with Crippen LogP contribution in [0.4, 0.5) is 5.13 Å². The van der Waals surface area contributed by atoms with Crippen molar-refractivity contribution in [3.8, 4) is 0 Å². The highest BCUT2D eigenvalue weighted by Crippen LogP contribution is 2.47. The molecule has 6 aliphatic rings. The van der Waals surface area contributed by atoms with Crippen LogP contribution in [-0.2, 0) is 35.4 Å². The highest BCUT2D eigenvalue weighted by molar-refractivity contribution is 7.89. The molecule has 55 heavy (non-hydrogen) atoms. The number of piperidine rings is 1. The maximum absolute atomic E-state index is 14.4. The number of hydrogen-bond acceptors (Lipinski definition) is 11. The van der Waals surface area contributed by atoms with Gasteiger partial charge in [0.1, 0.15) is 6.10 Å². The molecule has 2 aromatic carbocycles. The van der Waals surface area contributed by atoms with Crippen molar-refractivity contribution in [3.05, 3.63) is 54.1 Å². The van der Waals surface area contributed by atoms with Gasteiger partial charge in [-0.3, -0.25) is 4.79 Å². The molecule has 4 saturated heterocycles. The monoisotopic (exact) mass is 794 g/mol. The van der Waals surface area contributed by atoms with E-state index in [-0.39, 0.29) is 66.4 Å². The van der Waals surface area contributed by atoms with Crippen LogP contribution in [0.5, 0.6) is 0 Å². The number of fused-ring (bicyclic) bond motifs is 3. The molecular weight excluding hydrogens is 737 g/mol. The van der Waals surface area contributed by atoms with Crippen molar-refractivity contribution in [1.29, 1.82) is 0 Å². The zero-order valence-corrected chi connectivity index (χ0v) is 33.9. The number of aliphatic hydroxyl groups excluding tert-OH is 1. The smallest absolute Gasteiger partial charge is 0.306 e. The van der Waals surface area contributed by atoms with Crippen molar-refractivity contribution in [1.82, 2.24) is 14.2 Å². The molecule has 1 aromatic heterocycles. The Morgan fingerprint density at radius 2 is 1.76 bits per heavy atom. The van der Waals surface area contributed by atoms with Crippen LogP contribution in [0.25, 0.3) is 10.2 Å². The van der Waals surface area contributed by atoms with E-state index in [9.17, 15) is 18.3 Å². The topological polar surface area (TPSA) is 131 Å². The molecule has 4 aliphatic heterocycles. The zero-order chi connectivity index (χ0) is 38.1. The fourth-order valence-electron chi connectivity index (χ4n) is 9.86.